The Morgan fingerprint density at radius 3 is 2.13 bits per heavy atom. The highest BCUT2D eigenvalue weighted by Gasteiger charge is 2.53. The minimum atomic E-state index is -2.82. The third-order valence-electron chi connectivity index (χ3n) is 5.69. The molecule has 4 rings (SSSR count). The summed E-state index contributed by atoms with van der Waals surface area (Å²) < 4.78 is 42.5. The standard InChI is InChI=1S/C24H31N3O3Si/c1-24(2,3)31(18-11-7-5-8-12-18,19-13-9-6-10-14-19)30-22-17-28-16-21(22)29-23-20(25)15-27(4)26-23/h5-15,21-22H,16-17,25H2,1-4H3/t21-,22+/m0/s1/i4D3. The van der Waals surface area contributed by atoms with Crippen LogP contribution in [0.2, 0.25) is 5.04 Å². The first kappa shape index (κ1) is 18.0. The summed E-state index contributed by atoms with van der Waals surface area (Å²) in [5.74, 6) is 0.0719. The molecule has 0 spiro atoms. The molecule has 0 radical (unpaired) electrons. The van der Waals surface area contributed by atoms with E-state index in [1.165, 1.54) is 6.20 Å². The van der Waals surface area contributed by atoms with Crippen LogP contribution in [0.3, 0.4) is 0 Å². The number of anilines is 1. The molecule has 1 aromatic heterocycles. The molecule has 1 fully saturated rings. The summed E-state index contributed by atoms with van der Waals surface area (Å²) in [5, 5.41) is 6.16. The molecule has 1 aliphatic heterocycles. The number of rotatable bonds is 6. The second-order valence-electron chi connectivity index (χ2n) is 8.85. The van der Waals surface area contributed by atoms with Gasteiger partial charge in [0.15, 0.2) is 6.10 Å². The first-order valence-electron chi connectivity index (χ1n) is 11.9. The van der Waals surface area contributed by atoms with Gasteiger partial charge in [0, 0.05) is 11.1 Å². The lowest BCUT2D eigenvalue weighted by Gasteiger charge is -2.45. The van der Waals surface area contributed by atoms with E-state index in [1.807, 2.05) is 36.4 Å². The Balaban J connectivity index is 1.71. The van der Waals surface area contributed by atoms with Crippen LogP contribution < -0.4 is 20.8 Å². The van der Waals surface area contributed by atoms with Crippen molar-refractivity contribution < 1.29 is 18.0 Å². The van der Waals surface area contributed by atoms with Crippen LogP contribution in [0.4, 0.5) is 5.69 Å². The Bertz CT molecular complexity index is 1060. The Labute approximate surface area is 189 Å². The summed E-state index contributed by atoms with van der Waals surface area (Å²) in [7, 11) is -2.82. The van der Waals surface area contributed by atoms with Gasteiger partial charge in [0.05, 0.1) is 19.4 Å². The normalized spacial score (nSPS) is 21.3. The predicted octanol–water partition coefficient (Wildman–Crippen LogP) is 2.73. The van der Waals surface area contributed by atoms with Gasteiger partial charge in [-0.2, -0.15) is 0 Å². The van der Waals surface area contributed by atoms with Crippen molar-refractivity contribution in [3.05, 3.63) is 66.9 Å². The molecule has 3 aromatic rings. The molecule has 2 N–H and O–H groups in total. The average Bonchev–Trinajstić information content (AvgIpc) is 3.38. The number of nitrogen functional groups attached to an aromatic ring is 1. The number of aryl methyl sites for hydroxylation is 1. The van der Waals surface area contributed by atoms with E-state index in [4.69, 9.17) is 23.7 Å². The lowest BCUT2D eigenvalue weighted by Crippen LogP contribution is -2.68. The van der Waals surface area contributed by atoms with E-state index >= 15 is 0 Å². The van der Waals surface area contributed by atoms with E-state index in [9.17, 15) is 0 Å². The average molecular weight is 441 g/mol. The highest BCUT2D eigenvalue weighted by atomic mass is 28.4. The fraction of sp³-hybridized carbons (Fsp3) is 0.375. The number of nitrogens with two attached hydrogens (primary N) is 1. The van der Waals surface area contributed by atoms with E-state index in [2.05, 4.69) is 50.1 Å². The smallest absolute Gasteiger partial charge is 0.261 e. The number of ether oxygens (including phenoxy) is 2. The van der Waals surface area contributed by atoms with Crippen molar-refractivity contribution in [1.82, 2.24) is 9.78 Å². The highest BCUT2D eigenvalue weighted by Crippen LogP contribution is 2.38. The van der Waals surface area contributed by atoms with Crippen LogP contribution in [0, 0.1) is 0 Å². The van der Waals surface area contributed by atoms with Crippen molar-refractivity contribution in [3.63, 3.8) is 0 Å². The zero-order chi connectivity index (χ0) is 24.6. The molecule has 0 saturated carbocycles. The summed E-state index contributed by atoms with van der Waals surface area (Å²) >= 11 is 0. The number of hydrogen-bond donors (Lipinski definition) is 1. The van der Waals surface area contributed by atoms with E-state index in [0.717, 1.165) is 15.1 Å². The monoisotopic (exact) mass is 440 g/mol. The molecule has 1 saturated heterocycles. The summed E-state index contributed by atoms with van der Waals surface area (Å²) in [5.41, 5.74) is 6.17. The fourth-order valence-electron chi connectivity index (χ4n) is 4.26. The lowest BCUT2D eigenvalue weighted by molar-refractivity contribution is 0.0808. The van der Waals surface area contributed by atoms with Gasteiger partial charge in [-0.25, -0.2) is 0 Å². The van der Waals surface area contributed by atoms with Crippen LogP contribution in [-0.2, 0) is 16.1 Å². The second-order valence-corrected chi connectivity index (χ2v) is 13.1. The molecule has 7 heteroatoms. The fourth-order valence-corrected chi connectivity index (χ4v) is 8.95. The van der Waals surface area contributed by atoms with Crippen molar-refractivity contribution >= 4 is 24.4 Å². The minimum Gasteiger partial charge on any atom is -0.467 e. The predicted molar refractivity (Wildman–Crippen MR) is 125 cm³/mol. The second kappa shape index (κ2) is 8.49. The molecule has 164 valence electrons. The topological polar surface area (TPSA) is 71.5 Å². The zero-order valence-corrected chi connectivity index (χ0v) is 19.1. The molecule has 2 aromatic carbocycles. The van der Waals surface area contributed by atoms with Crippen LogP contribution in [-0.4, -0.2) is 43.5 Å². The molecule has 6 nitrogen and oxygen atoms in total. The Kier molecular flexibility index (Phi) is 4.93. The van der Waals surface area contributed by atoms with Crippen molar-refractivity contribution in [2.75, 3.05) is 18.9 Å². The van der Waals surface area contributed by atoms with E-state index in [-0.39, 0.29) is 22.7 Å². The van der Waals surface area contributed by atoms with Gasteiger partial charge in [0.25, 0.3) is 14.2 Å². The van der Waals surface area contributed by atoms with E-state index in [0.29, 0.717) is 13.2 Å². The third-order valence-corrected chi connectivity index (χ3v) is 10.8. The lowest BCUT2D eigenvalue weighted by atomic mass is 10.2. The Hall–Kier alpha value is -2.61. The molecule has 0 bridgehead atoms. The van der Waals surface area contributed by atoms with Gasteiger partial charge >= 0.3 is 0 Å². The van der Waals surface area contributed by atoms with Crippen LogP contribution in [0.5, 0.6) is 5.88 Å². The number of nitrogens with zero attached hydrogens (tertiary/aromatic N) is 2. The van der Waals surface area contributed by atoms with Crippen LogP contribution >= 0.6 is 0 Å². The molecule has 0 unspecified atom stereocenters. The van der Waals surface area contributed by atoms with Gasteiger partial charge in [-0.05, 0) is 15.4 Å². The van der Waals surface area contributed by atoms with E-state index < -0.39 is 21.4 Å². The van der Waals surface area contributed by atoms with Crippen molar-refractivity contribution in [1.29, 1.82) is 0 Å². The molecule has 31 heavy (non-hydrogen) atoms. The van der Waals surface area contributed by atoms with Gasteiger partial charge < -0.3 is 19.6 Å². The van der Waals surface area contributed by atoms with Gasteiger partial charge in [-0.1, -0.05) is 81.4 Å². The molecule has 0 aliphatic carbocycles. The third kappa shape index (κ3) is 4.13. The quantitative estimate of drug-likeness (QED) is 0.597. The molecular formula is C24H31N3O3Si. The molecule has 0 amide bonds. The zero-order valence-electron chi connectivity index (χ0n) is 21.1. The minimum absolute atomic E-state index is 0.0719. The SMILES string of the molecule is [2H]C([2H])([2H])n1cc(N)c(O[C@H]2COC[C@H]2O[Si](c2ccccc2)(c2ccccc2)C(C)(C)C)n1. The molecule has 2 heterocycles. The first-order chi connectivity index (χ1) is 16.0. The van der Waals surface area contributed by atoms with Gasteiger partial charge in [0.1, 0.15) is 11.8 Å². The number of hydrogen-bond acceptors (Lipinski definition) is 5. The van der Waals surface area contributed by atoms with Crippen LogP contribution in [0.1, 0.15) is 24.9 Å². The largest absolute Gasteiger partial charge is 0.467 e. The van der Waals surface area contributed by atoms with Gasteiger partial charge in [-0.15, -0.1) is 5.10 Å². The van der Waals surface area contributed by atoms with Crippen LogP contribution in [0.15, 0.2) is 66.9 Å². The molecule has 2 atom stereocenters. The van der Waals surface area contributed by atoms with Crippen LogP contribution in [0.25, 0.3) is 0 Å². The van der Waals surface area contributed by atoms with Gasteiger partial charge in [0.2, 0.25) is 0 Å². The number of benzene rings is 2. The van der Waals surface area contributed by atoms with Crippen molar-refractivity contribution in [3.8, 4) is 5.88 Å². The van der Waals surface area contributed by atoms with Crippen molar-refractivity contribution in [2.45, 2.75) is 38.0 Å². The molecule has 1 aliphatic rings. The summed E-state index contributed by atoms with van der Waals surface area (Å²) in [6.07, 6.45) is 0.392. The maximum Gasteiger partial charge on any atom is 0.261 e. The van der Waals surface area contributed by atoms with E-state index in [1.54, 1.807) is 0 Å². The van der Waals surface area contributed by atoms with Crippen molar-refractivity contribution in [2.24, 2.45) is 6.98 Å². The Morgan fingerprint density at radius 1 is 1.03 bits per heavy atom. The summed E-state index contributed by atoms with van der Waals surface area (Å²) in [4.78, 5) is 0. The molecular weight excluding hydrogens is 406 g/mol. The maximum absolute atomic E-state index is 7.56. The number of aromatic nitrogens is 2. The Morgan fingerprint density at radius 2 is 1.61 bits per heavy atom. The summed E-state index contributed by atoms with van der Waals surface area (Å²) in [6.45, 7) is 4.84. The first-order valence-corrected chi connectivity index (χ1v) is 12.3. The maximum atomic E-state index is 7.56. The van der Waals surface area contributed by atoms with Gasteiger partial charge in [-0.3, -0.25) is 4.68 Å². The summed E-state index contributed by atoms with van der Waals surface area (Å²) in [6, 6.07) is 20.7. The highest BCUT2D eigenvalue weighted by molar-refractivity contribution is 6.99.